The summed E-state index contributed by atoms with van der Waals surface area (Å²) in [4.78, 5) is 18.1. The van der Waals surface area contributed by atoms with Crippen LogP contribution in [0, 0.1) is 6.92 Å². The van der Waals surface area contributed by atoms with Crippen LogP contribution in [-0.2, 0) is 21.3 Å². The Morgan fingerprint density at radius 1 is 1.12 bits per heavy atom. The molecule has 170 valence electrons. The van der Waals surface area contributed by atoms with Gasteiger partial charge in [-0.1, -0.05) is 23.5 Å². The summed E-state index contributed by atoms with van der Waals surface area (Å²) in [6, 6.07) is 12.1. The van der Waals surface area contributed by atoms with E-state index < -0.39 is 15.9 Å². The molecule has 1 saturated heterocycles. The molecule has 0 unspecified atom stereocenters. The van der Waals surface area contributed by atoms with Crippen molar-refractivity contribution in [2.75, 3.05) is 26.3 Å². The number of aryl methyl sites for hydroxylation is 1. The van der Waals surface area contributed by atoms with E-state index in [1.54, 1.807) is 0 Å². The van der Waals surface area contributed by atoms with Crippen molar-refractivity contribution in [1.82, 2.24) is 8.87 Å². The normalized spacial score (nSPS) is 15.6. The predicted molar refractivity (Wildman–Crippen MR) is 125 cm³/mol. The molecule has 0 atom stereocenters. The van der Waals surface area contributed by atoms with Crippen LogP contribution in [0.1, 0.15) is 35.7 Å². The van der Waals surface area contributed by atoms with Gasteiger partial charge in [0.25, 0.3) is 5.91 Å². The van der Waals surface area contributed by atoms with E-state index >= 15 is 0 Å². The fourth-order valence-corrected chi connectivity index (χ4v) is 6.55. The first-order chi connectivity index (χ1) is 15.4. The molecule has 0 saturated carbocycles. The van der Waals surface area contributed by atoms with Gasteiger partial charge in [0.05, 0.1) is 21.7 Å². The molecule has 1 aliphatic rings. The monoisotopic (exact) mass is 473 g/mol. The van der Waals surface area contributed by atoms with E-state index in [0.29, 0.717) is 43.2 Å². The standard InChI is InChI=1S/C23H27N3O4S2/c1-3-30-16-15-26-21-17(2)7-6-8-20(21)31-23(26)24-22(27)18-9-11-19(12-10-18)32(28,29)25-13-4-5-14-25/h6-12H,3-5,13-16H2,1-2H3. The third-order valence-corrected chi connectivity index (χ3v) is 8.52. The molecule has 1 fully saturated rings. The number of carbonyl (C=O) groups excluding carboxylic acids is 1. The van der Waals surface area contributed by atoms with Gasteiger partial charge in [0, 0.05) is 31.8 Å². The summed E-state index contributed by atoms with van der Waals surface area (Å²) in [5.41, 5.74) is 2.52. The second-order valence-corrected chi connectivity index (χ2v) is 10.7. The van der Waals surface area contributed by atoms with Crippen LogP contribution in [-0.4, -0.2) is 49.5 Å². The number of hydrogen-bond donors (Lipinski definition) is 0. The van der Waals surface area contributed by atoms with Gasteiger partial charge in [0.2, 0.25) is 10.0 Å². The Balaban J connectivity index is 1.66. The smallest absolute Gasteiger partial charge is 0.279 e. The molecule has 0 aliphatic carbocycles. The minimum Gasteiger partial charge on any atom is -0.380 e. The number of benzene rings is 2. The van der Waals surface area contributed by atoms with E-state index in [4.69, 9.17) is 4.74 Å². The fraction of sp³-hybridized carbons (Fsp3) is 0.391. The highest BCUT2D eigenvalue weighted by Gasteiger charge is 2.27. The third kappa shape index (κ3) is 4.56. The van der Waals surface area contributed by atoms with Crippen molar-refractivity contribution in [1.29, 1.82) is 0 Å². The lowest BCUT2D eigenvalue weighted by atomic mass is 10.2. The number of sulfonamides is 1. The van der Waals surface area contributed by atoms with Crippen molar-refractivity contribution in [3.63, 3.8) is 0 Å². The van der Waals surface area contributed by atoms with Crippen molar-refractivity contribution < 1.29 is 17.9 Å². The number of ether oxygens (including phenoxy) is 1. The van der Waals surface area contributed by atoms with Crippen molar-refractivity contribution in [3.05, 3.63) is 58.4 Å². The third-order valence-electron chi connectivity index (χ3n) is 5.57. The highest BCUT2D eigenvalue weighted by Crippen LogP contribution is 2.22. The summed E-state index contributed by atoms with van der Waals surface area (Å²) >= 11 is 1.46. The maximum Gasteiger partial charge on any atom is 0.279 e. The van der Waals surface area contributed by atoms with E-state index in [9.17, 15) is 13.2 Å². The van der Waals surface area contributed by atoms with Crippen LogP contribution in [0.2, 0.25) is 0 Å². The summed E-state index contributed by atoms with van der Waals surface area (Å²) in [5, 5.41) is 0. The number of thiazole rings is 1. The summed E-state index contributed by atoms with van der Waals surface area (Å²) in [7, 11) is -3.51. The zero-order chi connectivity index (χ0) is 22.7. The average molecular weight is 474 g/mol. The molecule has 0 bridgehead atoms. The Kier molecular flexibility index (Phi) is 6.90. The predicted octanol–water partition coefficient (Wildman–Crippen LogP) is 3.57. The van der Waals surface area contributed by atoms with Crippen LogP contribution in [0.25, 0.3) is 10.2 Å². The van der Waals surface area contributed by atoms with E-state index in [1.807, 2.05) is 36.6 Å². The van der Waals surface area contributed by atoms with Gasteiger partial charge in [0.1, 0.15) is 0 Å². The van der Waals surface area contributed by atoms with Gasteiger partial charge in [0.15, 0.2) is 4.80 Å². The molecular weight excluding hydrogens is 446 g/mol. The number of nitrogens with zero attached hydrogens (tertiary/aromatic N) is 3. The number of amides is 1. The second-order valence-electron chi connectivity index (χ2n) is 7.71. The van der Waals surface area contributed by atoms with Gasteiger partial charge in [-0.2, -0.15) is 9.30 Å². The van der Waals surface area contributed by atoms with Gasteiger partial charge in [-0.3, -0.25) is 4.79 Å². The van der Waals surface area contributed by atoms with Crippen LogP contribution in [0.3, 0.4) is 0 Å². The average Bonchev–Trinajstić information content (AvgIpc) is 3.44. The van der Waals surface area contributed by atoms with Crippen LogP contribution in [0.5, 0.6) is 0 Å². The van der Waals surface area contributed by atoms with Crippen molar-refractivity contribution in [2.24, 2.45) is 4.99 Å². The molecule has 2 aromatic carbocycles. The quantitative estimate of drug-likeness (QED) is 0.491. The maximum atomic E-state index is 12.9. The van der Waals surface area contributed by atoms with Crippen molar-refractivity contribution in [2.45, 2.75) is 38.1 Å². The lowest BCUT2D eigenvalue weighted by Gasteiger charge is -2.15. The maximum absolute atomic E-state index is 12.9. The molecule has 4 rings (SSSR count). The molecule has 1 amide bonds. The SMILES string of the molecule is CCOCCn1c(=NC(=O)c2ccc(S(=O)(=O)N3CCCC3)cc2)sc2cccc(C)c21. The largest absolute Gasteiger partial charge is 0.380 e. The summed E-state index contributed by atoms with van der Waals surface area (Å²) in [5.74, 6) is -0.399. The molecule has 0 radical (unpaired) electrons. The van der Waals surface area contributed by atoms with Crippen LogP contribution >= 0.6 is 11.3 Å². The molecule has 3 aromatic rings. The molecular formula is C23H27N3O4S2. The zero-order valence-corrected chi connectivity index (χ0v) is 19.9. The van der Waals surface area contributed by atoms with Crippen LogP contribution < -0.4 is 4.80 Å². The molecule has 0 N–H and O–H groups in total. The Labute approximate surface area is 192 Å². The Morgan fingerprint density at radius 2 is 1.84 bits per heavy atom. The van der Waals surface area contributed by atoms with Gasteiger partial charge in [-0.25, -0.2) is 8.42 Å². The minimum absolute atomic E-state index is 0.209. The molecule has 7 nitrogen and oxygen atoms in total. The highest BCUT2D eigenvalue weighted by molar-refractivity contribution is 7.89. The van der Waals surface area contributed by atoms with E-state index in [-0.39, 0.29) is 4.90 Å². The molecule has 1 aromatic heterocycles. The first-order valence-corrected chi connectivity index (χ1v) is 13.0. The van der Waals surface area contributed by atoms with E-state index in [0.717, 1.165) is 28.6 Å². The van der Waals surface area contributed by atoms with Crippen molar-refractivity contribution >= 4 is 37.5 Å². The van der Waals surface area contributed by atoms with Gasteiger partial charge in [-0.05, 0) is 62.6 Å². The molecule has 32 heavy (non-hydrogen) atoms. The molecule has 0 spiro atoms. The number of hydrogen-bond acceptors (Lipinski definition) is 5. The van der Waals surface area contributed by atoms with Crippen LogP contribution in [0.15, 0.2) is 52.4 Å². The Morgan fingerprint density at radius 3 is 2.53 bits per heavy atom. The first kappa shape index (κ1) is 22.8. The molecule has 1 aliphatic heterocycles. The van der Waals surface area contributed by atoms with Gasteiger partial charge >= 0.3 is 0 Å². The number of fused-ring (bicyclic) bond motifs is 1. The van der Waals surface area contributed by atoms with Crippen molar-refractivity contribution in [3.8, 4) is 0 Å². The number of aromatic nitrogens is 1. The Hall–Kier alpha value is -2.33. The molecule has 9 heteroatoms. The zero-order valence-electron chi connectivity index (χ0n) is 18.3. The first-order valence-electron chi connectivity index (χ1n) is 10.8. The van der Waals surface area contributed by atoms with Gasteiger partial charge in [-0.15, -0.1) is 0 Å². The lowest BCUT2D eigenvalue weighted by Crippen LogP contribution is -2.27. The summed E-state index contributed by atoms with van der Waals surface area (Å²) in [6.07, 6.45) is 1.76. The fourth-order valence-electron chi connectivity index (χ4n) is 3.90. The summed E-state index contributed by atoms with van der Waals surface area (Å²) in [6.45, 7) is 6.83. The van der Waals surface area contributed by atoms with E-state index in [1.165, 1.54) is 39.9 Å². The van der Waals surface area contributed by atoms with Crippen LogP contribution in [0.4, 0.5) is 0 Å². The summed E-state index contributed by atoms with van der Waals surface area (Å²) < 4.78 is 35.5. The number of carbonyl (C=O) groups is 1. The lowest BCUT2D eigenvalue weighted by molar-refractivity contribution is 0.0996. The number of para-hydroxylation sites is 1. The highest BCUT2D eigenvalue weighted by atomic mass is 32.2. The molecule has 2 heterocycles. The topological polar surface area (TPSA) is 81.0 Å². The van der Waals surface area contributed by atoms with Gasteiger partial charge < -0.3 is 9.30 Å². The van der Waals surface area contributed by atoms with E-state index in [2.05, 4.69) is 4.99 Å². The number of rotatable bonds is 7. The minimum atomic E-state index is -3.51. The Bertz CT molecular complexity index is 1290. The second kappa shape index (κ2) is 9.66.